The highest BCUT2D eigenvalue weighted by Gasteiger charge is 2.24. The van der Waals surface area contributed by atoms with Gasteiger partial charge in [-0.25, -0.2) is 8.42 Å². The van der Waals surface area contributed by atoms with Crippen LogP contribution in [0.1, 0.15) is 52.8 Å². The van der Waals surface area contributed by atoms with Crippen molar-refractivity contribution in [3.8, 4) is 0 Å². The minimum atomic E-state index is -3.62. The van der Waals surface area contributed by atoms with Crippen molar-refractivity contribution in [2.45, 2.75) is 58.8 Å². The Bertz CT molecular complexity index is 576. The minimum absolute atomic E-state index is 0.0344. The zero-order chi connectivity index (χ0) is 16.2. The van der Waals surface area contributed by atoms with Crippen LogP contribution in [0.2, 0.25) is 0 Å². The van der Waals surface area contributed by atoms with Gasteiger partial charge in [-0.15, -0.1) is 0 Å². The van der Waals surface area contributed by atoms with E-state index in [-0.39, 0.29) is 18.4 Å². The SMILES string of the molecule is CC(C)CC(C)S(=O)(=O)NC(=O)Cc1ccn(C(C)C)n1. The van der Waals surface area contributed by atoms with Gasteiger partial charge in [-0.1, -0.05) is 13.8 Å². The third-order valence-corrected chi connectivity index (χ3v) is 4.89. The van der Waals surface area contributed by atoms with Gasteiger partial charge >= 0.3 is 0 Å². The molecular weight excluding hydrogens is 290 g/mol. The summed E-state index contributed by atoms with van der Waals surface area (Å²) in [5, 5.41) is 3.65. The molecule has 6 nitrogen and oxygen atoms in total. The molecule has 1 atom stereocenters. The van der Waals surface area contributed by atoms with E-state index < -0.39 is 21.2 Å². The molecule has 0 saturated carbocycles. The predicted molar refractivity (Wildman–Crippen MR) is 82.3 cm³/mol. The summed E-state index contributed by atoms with van der Waals surface area (Å²) in [7, 11) is -3.62. The molecule has 0 saturated heterocycles. The molecule has 0 fully saturated rings. The standard InChI is InChI=1S/C14H25N3O3S/c1-10(2)8-12(5)21(19,20)16-14(18)9-13-6-7-17(15-13)11(3)4/h6-7,10-12H,8-9H2,1-5H3,(H,16,18). The van der Waals surface area contributed by atoms with Crippen molar-refractivity contribution in [2.75, 3.05) is 0 Å². The molecule has 0 aliphatic heterocycles. The molecule has 21 heavy (non-hydrogen) atoms. The first-order chi connectivity index (χ1) is 9.61. The average molecular weight is 315 g/mol. The Kier molecular flexibility index (Phi) is 5.95. The average Bonchev–Trinajstić information content (AvgIpc) is 2.75. The zero-order valence-electron chi connectivity index (χ0n) is 13.3. The van der Waals surface area contributed by atoms with Crippen LogP contribution in [0.25, 0.3) is 0 Å². The van der Waals surface area contributed by atoms with Crippen molar-refractivity contribution >= 4 is 15.9 Å². The van der Waals surface area contributed by atoms with Crippen molar-refractivity contribution in [3.05, 3.63) is 18.0 Å². The number of amides is 1. The van der Waals surface area contributed by atoms with E-state index in [2.05, 4.69) is 9.82 Å². The van der Waals surface area contributed by atoms with Gasteiger partial charge in [0.15, 0.2) is 0 Å². The van der Waals surface area contributed by atoms with E-state index in [1.807, 2.05) is 27.7 Å². The molecule has 0 aliphatic rings. The van der Waals surface area contributed by atoms with Crippen LogP contribution in [0.3, 0.4) is 0 Å². The fourth-order valence-corrected chi connectivity index (χ4v) is 3.24. The van der Waals surface area contributed by atoms with E-state index in [0.29, 0.717) is 12.1 Å². The molecule has 120 valence electrons. The summed E-state index contributed by atoms with van der Waals surface area (Å²) in [6.07, 6.45) is 2.26. The Morgan fingerprint density at radius 1 is 1.29 bits per heavy atom. The number of rotatable bonds is 7. The summed E-state index contributed by atoms with van der Waals surface area (Å²) in [5.41, 5.74) is 0.563. The number of aromatic nitrogens is 2. The lowest BCUT2D eigenvalue weighted by atomic mass is 10.1. The number of sulfonamides is 1. The number of carbonyl (C=O) groups excluding carboxylic acids is 1. The molecule has 1 heterocycles. The molecule has 0 aliphatic carbocycles. The second kappa shape index (κ2) is 7.06. The van der Waals surface area contributed by atoms with Crippen LogP contribution in [-0.4, -0.2) is 29.4 Å². The summed E-state index contributed by atoms with van der Waals surface area (Å²) < 4.78 is 27.9. The summed E-state index contributed by atoms with van der Waals surface area (Å²) >= 11 is 0. The van der Waals surface area contributed by atoms with Crippen molar-refractivity contribution < 1.29 is 13.2 Å². The summed E-state index contributed by atoms with van der Waals surface area (Å²) in [6, 6.07) is 1.93. The van der Waals surface area contributed by atoms with E-state index in [9.17, 15) is 13.2 Å². The molecule has 7 heteroatoms. The van der Waals surface area contributed by atoms with Crippen molar-refractivity contribution in [3.63, 3.8) is 0 Å². The van der Waals surface area contributed by atoms with E-state index in [0.717, 1.165) is 0 Å². The molecule has 1 N–H and O–H groups in total. The quantitative estimate of drug-likeness (QED) is 0.833. The molecule has 0 bridgehead atoms. The summed E-state index contributed by atoms with van der Waals surface area (Å²) in [5.74, 6) is -0.284. The largest absolute Gasteiger partial charge is 0.274 e. The summed E-state index contributed by atoms with van der Waals surface area (Å²) in [4.78, 5) is 11.9. The Balaban J connectivity index is 2.63. The lowest BCUT2D eigenvalue weighted by Gasteiger charge is -2.15. The van der Waals surface area contributed by atoms with Crippen LogP contribution in [0.15, 0.2) is 12.3 Å². The second-order valence-corrected chi connectivity index (χ2v) is 8.17. The van der Waals surface area contributed by atoms with Gasteiger partial charge in [0, 0.05) is 12.2 Å². The van der Waals surface area contributed by atoms with Crippen LogP contribution < -0.4 is 4.72 Å². The maximum absolute atomic E-state index is 12.0. The number of hydrogen-bond donors (Lipinski definition) is 1. The van der Waals surface area contributed by atoms with Crippen LogP contribution in [0, 0.1) is 5.92 Å². The highest BCUT2D eigenvalue weighted by Crippen LogP contribution is 2.11. The normalized spacial score (nSPS) is 13.7. The van der Waals surface area contributed by atoms with Gasteiger partial charge in [-0.3, -0.25) is 14.2 Å². The van der Waals surface area contributed by atoms with E-state index >= 15 is 0 Å². The molecule has 0 radical (unpaired) electrons. The molecule has 1 unspecified atom stereocenters. The van der Waals surface area contributed by atoms with Gasteiger partial charge in [0.25, 0.3) is 0 Å². The van der Waals surface area contributed by atoms with E-state index in [1.165, 1.54) is 0 Å². The Morgan fingerprint density at radius 2 is 1.90 bits per heavy atom. The highest BCUT2D eigenvalue weighted by atomic mass is 32.2. The first-order valence-corrected chi connectivity index (χ1v) is 8.75. The molecule has 1 amide bonds. The fourth-order valence-electron chi connectivity index (χ4n) is 2.01. The number of hydrogen-bond acceptors (Lipinski definition) is 4. The molecule has 1 aromatic rings. The fraction of sp³-hybridized carbons (Fsp3) is 0.714. The topological polar surface area (TPSA) is 81.1 Å². The Hall–Kier alpha value is -1.37. The first-order valence-electron chi connectivity index (χ1n) is 7.20. The number of carbonyl (C=O) groups is 1. The second-order valence-electron chi connectivity index (χ2n) is 6.07. The lowest BCUT2D eigenvalue weighted by molar-refractivity contribution is -0.118. The number of nitrogens with one attached hydrogen (secondary N) is 1. The van der Waals surface area contributed by atoms with Gasteiger partial charge < -0.3 is 0 Å². The zero-order valence-corrected chi connectivity index (χ0v) is 14.1. The van der Waals surface area contributed by atoms with Crippen molar-refractivity contribution in [1.82, 2.24) is 14.5 Å². The third kappa shape index (κ3) is 5.49. The monoisotopic (exact) mass is 315 g/mol. The van der Waals surface area contributed by atoms with Crippen molar-refractivity contribution in [1.29, 1.82) is 0 Å². The van der Waals surface area contributed by atoms with Crippen molar-refractivity contribution in [2.24, 2.45) is 5.92 Å². The van der Waals surface area contributed by atoms with Gasteiger partial charge in [0.1, 0.15) is 0 Å². The predicted octanol–water partition coefficient (Wildman–Crippen LogP) is 1.89. The molecular formula is C14H25N3O3S. The minimum Gasteiger partial charge on any atom is -0.274 e. The van der Waals surface area contributed by atoms with E-state index in [1.54, 1.807) is 23.9 Å². The van der Waals surface area contributed by atoms with E-state index in [4.69, 9.17) is 0 Å². The summed E-state index contributed by atoms with van der Waals surface area (Å²) in [6.45, 7) is 9.48. The molecule has 0 aromatic carbocycles. The van der Waals surface area contributed by atoms with Crippen LogP contribution >= 0.6 is 0 Å². The number of nitrogens with zero attached hydrogens (tertiary/aromatic N) is 2. The van der Waals surface area contributed by atoms with Gasteiger partial charge in [0.05, 0.1) is 17.4 Å². The molecule has 1 rings (SSSR count). The smallest absolute Gasteiger partial charge is 0.239 e. The van der Waals surface area contributed by atoms with Crippen LogP contribution in [0.5, 0.6) is 0 Å². The first kappa shape index (κ1) is 17.7. The Labute approximate surface area is 127 Å². The van der Waals surface area contributed by atoms with Gasteiger partial charge in [0.2, 0.25) is 15.9 Å². The maximum Gasteiger partial charge on any atom is 0.239 e. The van der Waals surface area contributed by atoms with Gasteiger partial charge in [-0.2, -0.15) is 5.10 Å². The molecule has 0 spiro atoms. The van der Waals surface area contributed by atoms with Crippen LogP contribution in [-0.2, 0) is 21.2 Å². The third-order valence-electron chi connectivity index (χ3n) is 3.12. The van der Waals surface area contributed by atoms with Crippen LogP contribution in [0.4, 0.5) is 0 Å². The Morgan fingerprint density at radius 3 is 2.38 bits per heavy atom. The maximum atomic E-state index is 12.0. The van der Waals surface area contributed by atoms with Gasteiger partial charge in [-0.05, 0) is 39.2 Å². The lowest BCUT2D eigenvalue weighted by Crippen LogP contribution is -2.38. The molecule has 1 aromatic heterocycles. The highest BCUT2D eigenvalue weighted by molar-refractivity contribution is 7.90.